The van der Waals surface area contributed by atoms with Crippen molar-refractivity contribution < 1.29 is 4.74 Å². The SMILES string of the molecule is CCC[C@@H](c1nnnn1CCOC)N(CCc1ccccc1)Cc1cc2ccc(C)cc2[nH]c1=O. The van der Waals surface area contributed by atoms with Gasteiger partial charge in [-0.3, -0.25) is 9.69 Å². The maximum Gasteiger partial charge on any atom is 0.252 e. The summed E-state index contributed by atoms with van der Waals surface area (Å²) >= 11 is 0. The highest BCUT2D eigenvalue weighted by Crippen LogP contribution is 2.26. The van der Waals surface area contributed by atoms with Crippen molar-refractivity contribution in [1.82, 2.24) is 30.1 Å². The minimum atomic E-state index is -0.0537. The molecule has 35 heavy (non-hydrogen) atoms. The monoisotopic (exact) mass is 474 g/mol. The highest BCUT2D eigenvalue weighted by Gasteiger charge is 2.26. The van der Waals surface area contributed by atoms with Gasteiger partial charge in [-0.15, -0.1) is 5.10 Å². The molecule has 0 amide bonds. The third kappa shape index (κ3) is 6.21. The average molecular weight is 475 g/mol. The van der Waals surface area contributed by atoms with E-state index in [1.165, 1.54) is 5.56 Å². The number of aryl methyl sites for hydroxylation is 1. The second kappa shape index (κ2) is 11.9. The number of nitrogens with one attached hydrogen (secondary N) is 1. The summed E-state index contributed by atoms with van der Waals surface area (Å²) in [6.45, 7) is 6.59. The number of hydrogen-bond acceptors (Lipinski definition) is 6. The Morgan fingerprint density at radius 2 is 1.97 bits per heavy atom. The Morgan fingerprint density at radius 1 is 1.14 bits per heavy atom. The van der Waals surface area contributed by atoms with Crippen LogP contribution in [0.5, 0.6) is 0 Å². The highest BCUT2D eigenvalue weighted by atomic mass is 16.5. The Labute approximate surface area is 205 Å². The number of methoxy groups -OCH3 is 1. The molecular weight excluding hydrogens is 440 g/mol. The van der Waals surface area contributed by atoms with Crippen molar-refractivity contribution in [3.63, 3.8) is 0 Å². The topological polar surface area (TPSA) is 88.9 Å². The largest absolute Gasteiger partial charge is 0.383 e. The van der Waals surface area contributed by atoms with Crippen LogP contribution in [0.25, 0.3) is 10.9 Å². The normalized spacial score (nSPS) is 12.5. The molecule has 0 bridgehead atoms. The summed E-state index contributed by atoms with van der Waals surface area (Å²) in [5.74, 6) is 0.810. The molecule has 4 rings (SSSR count). The van der Waals surface area contributed by atoms with E-state index in [1.807, 2.05) is 29.8 Å². The second-order valence-corrected chi connectivity index (χ2v) is 8.98. The van der Waals surface area contributed by atoms with Gasteiger partial charge in [0.25, 0.3) is 5.56 Å². The molecular formula is C27H34N6O2. The third-order valence-corrected chi connectivity index (χ3v) is 6.35. The number of rotatable bonds is 12. The molecule has 0 unspecified atom stereocenters. The number of nitrogens with zero attached hydrogens (tertiary/aromatic N) is 5. The molecule has 2 heterocycles. The number of H-pyrrole nitrogens is 1. The summed E-state index contributed by atoms with van der Waals surface area (Å²) in [5, 5.41) is 13.6. The Balaban J connectivity index is 1.69. The van der Waals surface area contributed by atoms with Crippen molar-refractivity contribution in [2.24, 2.45) is 0 Å². The molecule has 0 aliphatic heterocycles. The molecule has 0 radical (unpaired) electrons. The van der Waals surface area contributed by atoms with Gasteiger partial charge in [-0.25, -0.2) is 4.68 Å². The van der Waals surface area contributed by atoms with E-state index in [9.17, 15) is 4.79 Å². The van der Waals surface area contributed by atoms with Gasteiger partial charge in [0.05, 0.1) is 19.2 Å². The predicted molar refractivity (Wildman–Crippen MR) is 137 cm³/mol. The number of pyridine rings is 1. The van der Waals surface area contributed by atoms with Crippen LogP contribution in [0, 0.1) is 6.92 Å². The summed E-state index contributed by atoms with van der Waals surface area (Å²) in [5.41, 5.74) is 3.93. The van der Waals surface area contributed by atoms with Crippen LogP contribution < -0.4 is 5.56 Å². The molecule has 1 atom stereocenters. The number of ether oxygens (including phenoxy) is 1. The van der Waals surface area contributed by atoms with Crippen molar-refractivity contribution >= 4 is 10.9 Å². The summed E-state index contributed by atoms with van der Waals surface area (Å²) in [6, 6.07) is 18.6. The van der Waals surface area contributed by atoms with Crippen LogP contribution in [0.1, 0.15) is 48.3 Å². The van der Waals surface area contributed by atoms with E-state index in [1.54, 1.807) is 7.11 Å². The first kappa shape index (κ1) is 24.8. The Kier molecular flexibility index (Phi) is 8.39. The number of aromatic amines is 1. The predicted octanol–water partition coefficient (Wildman–Crippen LogP) is 4.06. The Hall–Kier alpha value is -3.36. The van der Waals surface area contributed by atoms with Crippen molar-refractivity contribution in [3.05, 3.63) is 87.5 Å². The Bertz CT molecular complexity index is 1280. The van der Waals surface area contributed by atoms with Crippen molar-refractivity contribution in [2.75, 3.05) is 20.3 Å². The zero-order valence-corrected chi connectivity index (χ0v) is 20.8. The van der Waals surface area contributed by atoms with Crippen LogP contribution in [-0.2, 0) is 24.2 Å². The van der Waals surface area contributed by atoms with Gasteiger partial charge in [-0.2, -0.15) is 0 Å². The molecule has 2 aromatic heterocycles. The lowest BCUT2D eigenvalue weighted by atomic mass is 10.0. The molecule has 0 saturated heterocycles. The van der Waals surface area contributed by atoms with Gasteiger partial charge in [0.15, 0.2) is 5.82 Å². The zero-order chi connectivity index (χ0) is 24.6. The lowest BCUT2D eigenvalue weighted by Crippen LogP contribution is -2.34. The van der Waals surface area contributed by atoms with E-state index in [0.717, 1.165) is 53.7 Å². The number of hydrogen-bond donors (Lipinski definition) is 1. The van der Waals surface area contributed by atoms with Crippen LogP contribution in [0.3, 0.4) is 0 Å². The number of aromatic nitrogens is 5. The highest BCUT2D eigenvalue weighted by molar-refractivity contribution is 5.79. The van der Waals surface area contributed by atoms with Crippen molar-refractivity contribution in [2.45, 2.75) is 52.2 Å². The smallest absolute Gasteiger partial charge is 0.252 e. The van der Waals surface area contributed by atoms with Gasteiger partial charge in [0, 0.05) is 31.3 Å². The van der Waals surface area contributed by atoms with Crippen LogP contribution in [0.15, 0.2) is 59.4 Å². The Morgan fingerprint density at radius 3 is 2.74 bits per heavy atom. The van der Waals surface area contributed by atoms with E-state index in [-0.39, 0.29) is 11.6 Å². The van der Waals surface area contributed by atoms with E-state index < -0.39 is 0 Å². The lowest BCUT2D eigenvalue weighted by Gasteiger charge is -2.31. The molecule has 0 saturated carbocycles. The molecule has 4 aromatic rings. The lowest BCUT2D eigenvalue weighted by molar-refractivity contribution is 0.154. The molecule has 0 spiro atoms. The van der Waals surface area contributed by atoms with E-state index in [2.05, 4.69) is 68.7 Å². The fourth-order valence-electron chi connectivity index (χ4n) is 4.49. The number of benzene rings is 2. The first-order chi connectivity index (χ1) is 17.1. The first-order valence-electron chi connectivity index (χ1n) is 12.2. The summed E-state index contributed by atoms with van der Waals surface area (Å²) in [4.78, 5) is 18.5. The standard InChI is InChI=1S/C27H34N6O2/c1-4-8-25(26-29-30-31-33(26)15-16-35-3)32(14-13-21-9-6-5-7-10-21)19-23-18-22-12-11-20(2)17-24(22)28-27(23)34/h5-7,9-12,17-18,25H,4,8,13-16,19H2,1-3H3,(H,28,34)/t25-/m0/s1. The van der Waals surface area contributed by atoms with E-state index in [4.69, 9.17) is 4.74 Å². The molecule has 184 valence electrons. The second-order valence-electron chi connectivity index (χ2n) is 8.98. The molecule has 2 aromatic carbocycles. The van der Waals surface area contributed by atoms with Gasteiger partial charge in [-0.05, 0) is 58.8 Å². The van der Waals surface area contributed by atoms with Gasteiger partial charge >= 0.3 is 0 Å². The summed E-state index contributed by atoms with van der Waals surface area (Å²) < 4.78 is 7.09. The maximum absolute atomic E-state index is 13.1. The van der Waals surface area contributed by atoms with Crippen LogP contribution in [-0.4, -0.2) is 50.4 Å². The summed E-state index contributed by atoms with van der Waals surface area (Å²) in [7, 11) is 1.67. The zero-order valence-electron chi connectivity index (χ0n) is 20.8. The van der Waals surface area contributed by atoms with Crippen molar-refractivity contribution in [3.8, 4) is 0 Å². The minimum Gasteiger partial charge on any atom is -0.383 e. The number of tetrazole rings is 1. The quantitative estimate of drug-likeness (QED) is 0.333. The van der Waals surface area contributed by atoms with E-state index >= 15 is 0 Å². The molecule has 0 aliphatic rings. The molecule has 1 N–H and O–H groups in total. The van der Waals surface area contributed by atoms with Crippen molar-refractivity contribution in [1.29, 1.82) is 0 Å². The number of fused-ring (bicyclic) bond motifs is 1. The molecule has 8 heteroatoms. The van der Waals surface area contributed by atoms with Gasteiger partial charge < -0.3 is 9.72 Å². The van der Waals surface area contributed by atoms with Gasteiger partial charge in [-0.1, -0.05) is 55.8 Å². The van der Waals surface area contributed by atoms with Crippen LogP contribution >= 0.6 is 0 Å². The van der Waals surface area contributed by atoms with Crippen LogP contribution in [0.4, 0.5) is 0 Å². The van der Waals surface area contributed by atoms with E-state index in [0.29, 0.717) is 19.7 Å². The van der Waals surface area contributed by atoms with Gasteiger partial charge in [0.1, 0.15) is 0 Å². The van der Waals surface area contributed by atoms with Gasteiger partial charge in [0.2, 0.25) is 0 Å². The molecule has 8 nitrogen and oxygen atoms in total. The minimum absolute atomic E-state index is 0.0244. The molecule has 0 aliphatic carbocycles. The fourth-order valence-corrected chi connectivity index (χ4v) is 4.49. The average Bonchev–Trinajstić information content (AvgIpc) is 3.33. The maximum atomic E-state index is 13.1. The fraction of sp³-hybridized carbons (Fsp3) is 0.407. The van der Waals surface area contributed by atoms with Crippen LogP contribution in [0.2, 0.25) is 0 Å². The molecule has 0 fully saturated rings. The third-order valence-electron chi connectivity index (χ3n) is 6.35. The summed E-state index contributed by atoms with van der Waals surface area (Å²) in [6.07, 6.45) is 2.72. The first-order valence-corrected chi connectivity index (χ1v) is 12.2.